The maximum atomic E-state index is 11.3. The maximum absolute atomic E-state index is 11.3. The number of hydrogen-bond acceptors (Lipinski definition) is 11. The van der Waals surface area contributed by atoms with Gasteiger partial charge < -0.3 is 19.3 Å². The molecule has 0 amide bonds. The van der Waals surface area contributed by atoms with E-state index in [1.807, 2.05) is 51.8 Å². The first-order chi connectivity index (χ1) is 16.7. The number of hydrogen-bond donors (Lipinski definition) is 0. The van der Waals surface area contributed by atoms with E-state index in [4.69, 9.17) is 19.4 Å². The minimum atomic E-state index is -0.447. The first-order valence-electron chi connectivity index (χ1n) is 11.1. The number of benzene rings is 1. The van der Waals surface area contributed by atoms with Crippen molar-refractivity contribution in [1.29, 1.82) is 0 Å². The van der Waals surface area contributed by atoms with Gasteiger partial charge in [-0.1, -0.05) is 12.1 Å². The lowest BCUT2D eigenvalue weighted by atomic mass is 9.86. The van der Waals surface area contributed by atoms with Gasteiger partial charge >= 0.3 is 0 Å². The van der Waals surface area contributed by atoms with Gasteiger partial charge in [-0.25, -0.2) is 9.97 Å². The second-order valence-corrected chi connectivity index (χ2v) is 9.11. The SMILES string of the molecule is CCOc1nc(N(C)C)nc2c1C(c1ccc([N+](=O)[O-])cc1)c1c(OCC)nc(N(C)C)nc1S2. The average Bonchev–Trinajstić information content (AvgIpc) is 2.82. The summed E-state index contributed by atoms with van der Waals surface area (Å²) in [6.07, 6.45) is 0. The predicted molar refractivity (Wildman–Crippen MR) is 133 cm³/mol. The van der Waals surface area contributed by atoms with E-state index in [-0.39, 0.29) is 5.69 Å². The van der Waals surface area contributed by atoms with Crippen LogP contribution < -0.4 is 19.3 Å². The summed E-state index contributed by atoms with van der Waals surface area (Å²) in [4.78, 5) is 33.4. The van der Waals surface area contributed by atoms with E-state index in [9.17, 15) is 10.1 Å². The van der Waals surface area contributed by atoms with Crippen LogP contribution in [0.1, 0.15) is 36.5 Å². The van der Waals surface area contributed by atoms with Gasteiger partial charge in [0.2, 0.25) is 23.7 Å². The summed E-state index contributed by atoms with van der Waals surface area (Å²) in [5.41, 5.74) is 2.31. The minimum absolute atomic E-state index is 0.00727. The van der Waals surface area contributed by atoms with Gasteiger partial charge in [0, 0.05) is 40.3 Å². The van der Waals surface area contributed by atoms with Gasteiger partial charge in [0.15, 0.2) is 0 Å². The average molecular weight is 498 g/mol. The van der Waals surface area contributed by atoms with Crippen LogP contribution in [-0.2, 0) is 0 Å². The molecule has 35 heavy (non-hydrogen) atoms. The topological polar surface area (TPSA) is 120 Å². The first kappa shape index (κ1) is 24.5. The van der Waals surface area contributed by atoms with E-state index in [1.165, 1.54) is 23.9 Å². The van der Waals surface area contributed by atoms with Gasteiger partial charge in [-0.3, -0.25) is 10.1 Å². The predicted octanol–water partition coefficient (Wildman–Crippen LogP) is 3.75. The van der Waals surface area contributed by atoms with Crippen molar-refractivity contribution in [1.82, 2.24) is 19.9 Å². The Morgan fingerprint density at radius 3 is 1.69 bits per heavy atom. The molecule has 12 heteroatoms. The summed E-state index contributed by atoms with van der Waals surface area (Å²) in [6.45, 7) is 4.61. The summed E-state index contributed by atoms with van der Waals surface area (Å²) >= 11 is 1.41. The van der Waals surface area contributed by atoms with Gasteiger partial charge in [-0.15, -0.1) is 0 Å². The number of aromatic nitrogens is 4. The number of non-ortho nitro benzene ring substituents is 1. The number of ether oxygens (including phenoxy) is 2. The van der Waals surface area contributed by atoms with Crippen molar-refractivity contribution in [3.8, 4) is 11.8 Å². The van der Waals surface area contributed by atoms with E-state index < -0.39 is 10.8 Å². The fourth-order valence-corrected chi connectivity index (χ4v) is 4.81. The van der Waals surface area contributed by atoms with Gasteiger partial charge in [0.1, 0.15) is 10.1 Å². The van der Waals surface area contributed by atoms with Crippen molar-refractivity contribution >= 4 is 29.3 Å². The summed E-state index contributed by atoms with van der Waals surface area (Å²) in [7, 11) is 7.47. The fraction of sp³-hybridized carbons (Fsp3) is 0.391. The molecule has 2 aromatic heterocycles. The molecule has 4 rings (SSSR count). The number of anilines is 2. The Hall–Kier alpha value is -3.67. The molecule has 184 valence electrons. The normalized spacial score (nSPS) is 12.5. The molecule has 0 fully saturated rings. The molecule has 0 unspecified atom stereocenters. The zero-order chi connectivity index (χ0) is 25.3. The number of fused-ring (bicyclic) bond motifs is 2. The second kappa shape index (κ2) is 9.90. The van der Waals surface area contributed by atoms with Crippen LogP contribution in [0.15, 0.2) is 34.3 Å². The molecule has 1 aliphatic rings. The van der Waals surface area contributed by atoms with Crippen LogP contribution in [0.5, 0.6) is 11.8 Å². The molecule has 0 radical (unpaired) electrons. The molecular formula is C23H27N7O4S. The van der Waals surface area contributed by atoms with Crippen molar-refractivity contribution in [3.05, 3.63) is 51.1 Å². The maximum Gasteiger partial charge on any atom is 0.269 e. The summed E-state index contributed by atoms with van der Waals surface area (Å²) in [6, 6.07) is 6.44. The van der Waals surface area contributed by atoms with E-state index in [1.54, 1.807) is 12.1 Å². The molecule has 0 spiro atoms. The Labute approximate surface area is 207 Å². The quantitative estimate of drug-likeness (QED) is 0.201. The van der Waals surface area contributed by atoms with Crippen molar-refractivity contribution < 1.29 is 14.4 Å². The molecule has 0 N–H and O–H groups in total. The zero-order valence-electron chi connectivity index (χ0n) is 20.5. The van der Waals surface area contributed by atoms with E-state index in [2.05, 4.69) is 9.97 Å². The van der Waals surface area contributed by atoms with Gasteiger partial charge in [-0.2, -0.15) is 9.97 Å². The van der Waals surface area contributed by atoms with E-state index in [0.717, 1.165) is 16.7 Å². The molecule has 11 nitrogen and oxygen atoms in total. The van der Waals surface area contributed by atoms with Gasteiger partial charge in [-0.05, 0) is 31.2 Å². The fourth-order valence-electron chi connectivity index (χ4n) is 3.74. The Morgan fingerprint density at radius 2 is 1.31 bits per heavy atom. The Kier molecular flexibility index (Phi) is 6.92. The molecule has 0 saturated heterocycles. The summed E-state index contributed by atoms with van der Waals surface area (Å²) in [5.74, 6) is 1.47. The molecule has 0 atom stereocenters. The minimum Gasteiger partial charge on any atom is -0.478 e. The van der Waals surface area contributed by atoms with Crippen LogP contribution in [0.3, 0.4) is 0 Å². The standard InChI is InChI=1S/C23H27N7O4S/c1-7-33-18-16-15(13-9-11-14(12-10-13)30(31)32)17-19(34-8-2)25-23(29(5)6)27-21(17)35-20(16)26-22(24-18)28(3)4/h9-12,15H,7-8H2,1-6H3. The summed E-state index contributed by atoms with van der Waals surface area (Å²) in [5, 5.41) is 12.7. The van der Waals surface area contributed by atoms with Crippen LogP contribution in [-0.4, -0.2) is 66.3 Å². The lowest BCUT2D eigenvalue weighted by Crippen LogP contribution is -2.22. The highest BCUT2D eigenvalue weighted by Crippen LogP contribution is 2.53. The van der Waals surface area contributed by atoms with Crippen molar-refractivity contribution in [3.63, 3.8) is 0 Å². The molecular weight excluding hydrogens is 470 g/mol. The smallest absolute Gasteiger partial charge is 0.269 e. The van der Waals surface area contributed by atoms with Crippen LogP contribution in [0, 0.1) is 10.1 Å². The molecule has 3 heterocycles. The van der Waals surface area contributed by atoms with E-state index >= 15 is 0 Å². The molecule has 0 aliphatic carbocycles. The highest BCUT2D eigenvalue weighted by molar-refractivity contribution is 7.99. The Balaban J connectivity index is 2.03. The zero-order valence-corrected chi connectivity index (χ0v) is 21.3. The van der Waals surface area contributed by atoms with Gasteiger partial charge in [0.25, 0.3) is 5.69 Å². The largest absolute Gasteiger partial charge is 0.478 e. The number of nitrogens with zero attached hydrogens (tertiary/aromatic N) is 7. The lowest BCUT2D eigenvalue weighted by Gasteiger charge is -2.30. The van der Waals surface area contributed by atoms with Crippen LogP contribution >= 0.6 is 11.8 Å². The van der Waals surface area contributed by atoms with Crippen molar-refractivity contribution in [2.45, 2.75) is 29.8 Å². The highest BCUT2D eigenvalue weighted by atomic mass is 32.2. The molecule has 3 aromatic rings. The second-order valence-electron chi connectivity index (χ2n) is 8.13. The monoisotopic (exact) mass is 497 g/mol. The van der Waals surface area contributed by atoms with Crippen LogP contribution in [0.25, 0.3) is 0 Å². The number of rotatable bonds is 8. The highest BCUT2D eigenvalue weighted by Gasteiger charge is 2.38. The first-order valence-corrected chi connectivity index (χ1v) is 11.9. The molecule has 1 aliphatic heterocycles. The van der Waals surface area contributed by atoms with Gasteiger partial charge in [0.05, 0.1) is 35.2 Å². The summed E-state index contributed by atoms with van der Waals surface area (Å²) < 4.78 is 12.0. The van der Waals surface area contributed by atoms with Crippen LogP contribution in [0.4, 0.5) is 17.6 Å². The Bertz CT molecular complexity index is 1180. The van der Waals surface area contributed by atoms with Crippen molar-refractivity contribution in [2.24, 2.45) is 0 Å². The lowest BCUT2D eigenvalue weighted by molar-refractivity contribution is -0.384. The number of nitro benzene ring substituents is 1. The Morgan fingerprint density at radius 1 is 0.857 bits per heavy atom. The third kappa shape index (κ3) is 4.65. The molecule has 1 aromatic carbocycles. The molecule has 0 saturated carbocycles. The van der Waals surface area contributed by atoms with E-state index in [0.29, 0.717) is 46.9 Å². The van der Waals surface area contributed by atoms with Crippen LogP contribution in [0.2, 0.25) is 0 Å². The van der Waals surface area contributed by atoms with Crippen molar-refractivity contribution in [2.75, 3.05) is 51.2 Å². The third-order valence-corrected chi connectivity index (χ3v) is 6.31. The third-order valence-electron chi connectivity index (χ3n) is 5.30. The number of nitro groups is 1. The molecule has 0 bridgehead atoms.